The summed E-state index contributed by atoms with van der Waals surface area (Å²) in [6.07, 6.45) is 16.4. The van der Waals surface area contributed by atoms with E-state index in [2.05, 4.69) is 36.2 Å². The number of nitrogens with one attached hydrogen (secondary N) is 1. The maximum Gasteiger partial charge on any atom is 0.220 e. The topological polar surface area (TPSA) is 52.6 Å². The summed E-state index contributed by atoms with van der Waals surface area (Å²) in [5, 5.41) is 11.8. The fourth-order valence-electron chi connectivity index (χ4n) is 2.87. The lowest BCUT2D eigenvalue weighted by Gasteiger charge is -2.20. The molecule has 0 aromatic carbocycles. The molecule has 0 rings (SSSR count). The lowest BCUT2D eigenvalue weighted by molar-refractivity contribution is -0.121. The summed E-state index contributed by atoms with van der Waals surface area (Å²) in [6, 6.07) is 0. The number of amides is 1. The minimum Gasteiger partial charge on any atom is -0.396 e. The predicted molar refractivity (Wildman–Crippen MR) is 108 cm³/mol. The molecule has 0 saturated carbocycles. The van der Waals surface area contributed by atoms with E-state index in [-0.39, 0.29) is 5.91 Å². The number of hydrogen-bond acceptors (Lipinski definition) is 3. The predicted octanol–water partition coefficient (Wildman–Crippen LogP) is 4.28. The summed E-state index contributed by atoms with van der Waals surface area (Å²) >= 11 is 0. The van der Waals surface area contributed by atoms with Gasteiger partial charge in [0.05, 0.1) is 0 Å². The number of carbonyl (C=O) groups is 1. The zero-order valence-electron chi connectivity index (χ0n) is 16.8. The van der Waals surface area contributed by atoms with Crippen LogP contribution in [0.15, 0.2) is 12.2 Å². The Morgan fingerprint density at radius 2 is 1.60 bits per heavy atom. The smallest absolute Gasteiger partial charge is 0.220 e. The van der Waals surface area contributed by atoms with Crippen LogP contribution in [0.2, 0.25) is 0 Å². The number of likely N-dealkylation sites (N-methyl/N-ethyl adjacent to an activating group) is 1. The maximum absolute atomic E-state index is 11.8. The molecular formula is C21H42N2O2. The van der Waals surface area contributed by atoms with E-state index in [0.717, 1.165) is 58.3 Å². The molecule has 0 unspecified atom stereocenters. The molecule has 4 nitrogen and oxygen atoms in total. The van der Waals surface area contributed by atoms with Crippen molar-refractivity contribution in [1.29, 1.82) is 0 Å². The van der Waals surface area contributed by atoms with Gasteiger partial charge in [-0.2, -0.15) is 0 Å². The minimum absolute atomic E-state index is 0.184. The molecule has 0 atom stereocenters. The summed E-state index contributed by atoms with van der Waals surface area (Å²) in [7, 11) is 0. The Labute approximate surface area is 156 Å². The van der Waals surface area contributed by atoms with Crippen molar-refractivity contribution in [1.82, 2.24) is 10.2 Å². The highest BCUT2D eigenvalue weighted by molar-refractivity contribution is 5.75. The SMILES string of the molecule is CC/C=C/CCCC(=O)NCCN(CC)CCCCCCCCCO. The van der Waals surface area contributed by atoms with Gasteiger partial charge in [-0.05, 0) is 45.2 Å². The summed E-state index contributed by atoms with van der Waals surface area (Å²) in [4.78, 5) is 14.2. The molecule has 0 aromatic rings. The Hall–Kier alpha value is -0.870. The van der Waals surface area contributed by atoms with E-state index in [0.29, 0.717) is 13.0 Å². The Morgan fingerprint density at radius 1 is 0.920 bits per heavy atom. The van der Waals surface area contributed by atoms with Crippen LogP contribution in [0, 0.1) is 0 Å². The molecule has 0 aliphatic rings. The van der Waals surface area contributed by atoms with E-state index < -0.39 is 0 Å². The van der Waals surface area contributed by atoms with Crippen LogP contribution in [0.3, 0.4) is 0 Å². The van der Waals surface area contributed by atoms with Crippen molar-refractivity contribution in [2.24, 2.45) is 0 Å². The van der Waals surface area contributed by atoms with Gasteiger partial charge in [-0.3, -0.25) is 4.79 Å². The lowest BCUT2D eigenvalue weighted by atomic mass is 10.1. The average molecular weight is 355 g/mol. The number of nitrogens with zero attached hydrogens (tertiary/aromatic N) is 1. The molecule has 0 bridgehead atoms. The molecule has 148 valence electrons. The molecule has 0 radical (unpaired) electrons. The Kier molecular flexibility index (Phi) is 18.8. The number of aliphatic hydroxyl groups excluding tert-OH is 1. The summed E-state index contributed by atoms with van der Waals surface area (Å²) in [5.74, 6) is 0.184. The van der Waals surface area contributed by atoms with Crippen LogP contribution in [-0.2, 0) is 4.79 Å². The van der Waals surface area contributed by atoms with Crippen molar-refractivity contribution < 1.29 is 9.90 Å². The molecule has 0 aliphatic heterocycles. The average Bonchev–Trinajstić information content (AvgIpc) is 2.62. The highest BCUT2D eigenvalue weighted by Crippen LogP contribution is 2.07. The summed E-state index contributed by atoms with van der Waals surface area (Å²) in [6.45, 7) is 8.54. The van der Waals surface area contributed by atoms with Crippen LogP contribution in [0.5, 0.6) is 0 Å². The van der Waals surface area contributed by atoms with E-state index in [9.17, 15) is 4.79 Å². The van der Waals surface area contributed by atoms with Crippen LogP contribution in [0.1, 0.15) is 84.5 Å². The van der Waals surface area contributed by atoms with E-state index in [1.807, 2.05) is 0 Å². The van der Waals surface area contributed by atoms with E-state index in [1.54, 1.807) is 0 Å². The zero-order chi connectivity index (χ0) is 18.6. The fourth-order valence-corrected chi connectivity index (χ4v) is 2.87. The van der Waals surface area contributed by atoms with E-state index in [1.165, 1.54) is 32.1 Å². The van der Waals surface area contributed by atoms with Gasteiger partial charge < -0.3 is 15.3 Å². The van der Waals surface area contributed by atoms with Crippen molar-refractivity contribution in [3.05, 3.63) is 12.2 Å². The standard InChI is InChI=1S/C21H42N2O2/c1-3-5-6-10-13-16-21(25)22-17-19-23(4-2)18-14-11-8-7-9-12-15-20-24/h5-6,24H,3-4,7-20H2,1-2H3,(H,22,25)/b6-5+. The van der Waals surface area contributed by atoms with Gasteiger partial charge in [-0.1, -0.05) is 58.1 Å². The maximum atomic E-state index is 11.8. The Bertz CT molecular complexity index is 319. The van der Waals surface area contributed by atoms with Gasteiger partial charge in [0, 0.05) is 26.1 Å². The first kappa shape index (κ1) is 24.1. The molecule has 0 spiro atoms. The number of carbonyl (C=O) groups excluding carboxylic acids is 1. The van der Waals surface area contributed by atoms with Crippen molar-refractivity contribution in [2.45, 2.75) is 84.5 Å². The van der Waals surface area contributed by atoms with Crippen LogP contribution in [-0.4, -0.2) is 48.7 Å². The molecule has 25 heavy (non-hydrogen) atoms. The van der Waals surface area contributed by atoms with Gasteiger partial charge in [0.2, 0.25) is 5.91 Å². The van der Waals surface area contributed by atoms with Gasteiger partial charge in [-0.15, -0.1) is 0 Å². The molecule has 4 heteroatoms. The van der Waals surface area contributed by atoms with Gasteiger partial charge in [0.25, 0.3) is 0 Å². The number of aliphatic hydroxyl groups is 1. The molecule has 0 saturated heterocycles. The van der Waals surface area contributed by atoms with Crippen LogP contribution in [0.25, 0.3) is 0 Å². The monoisotopic (exact) mass is 354 g/mol. The van der Waals surface area contributed by atoms with Gasteiger partial charge >= 0.3 is 0 Å². The lowest BCUT2D eigenvalue weighted by Crippen LogP contribution is -2.35. The fraction of sp³-hybridized carbons (Fsp3) is 0.857. The number of unbranched alkanes of at least 4 members (excludes halogenated alkanes) is 7. The van der Waals surface area contributed by atoms with Gasteiger partial charge in [0.15, 0.2) is 0 Å². The highest BCUT2D eigenvalue weighted by Gasteiger charge is 2.04. The quantitative estimate of drug-likeness (QED) is 0.285. The number of hydrogen-bond donors (Lipinski definition) is 2. The minimum atomic E-state index is 0.184. The van der Waals surface area contributed by atoms with E-state index in [4.69, 9.17) is 5.11 Å². The summed E-state index contributed by atoms with van der Waals surface area (Å²) < 4.78 is 0. The van der Waals surface area contributed by atoms with Crippen molar-refractivity contribution >= 4 is 5.91 Å². The third-order valence-electron chi connectivity index (χ3n) is 4.51. The first-order valence-electron chi connectivity index (χ1n) is 10.5. The first-order chi connectivity index (χ1) is 12.2. The van der Waals surface area contributed by atoms with Crippen molar-refractivity contribution in [2.75, 3.05) is 32.8 Å². The molecule has 1 amide bonds. The second kappa shape index (κ2) is 19.5. The third kappa shape index (κ3) is 17.7. The number of allylic oxidation sites excluding steroid dienone is 2. The molecule has 0 aromatic heterocycles. The normalized spacial score (nSPS) is 11.5. The van der Waals surface area contributed by atoms with Crippen LogP contribution >= 0.6 is 0 Å². The zero-order valence-corrected chi connectivity index (χ0v) is 16.8. The highest BCUT2D eigenvalue weighted by atomic mass is 16.2. The Morgan fingerprint density at radius 3 is 2.24 bits per heavy atom. The third-order valence-corrected chi connectivity index (χ3v) is 4.51. The second-order valence-corrected chi connectivity index (χ2v) is 6.75. The Balaban J connectivity index is 3.51. The molecule has 0 heterocycles. The first-order valence-corrected chi connectivity index (χ1v) is 10.5. The molecule has 0 aliphatic carbocycles. The van der Waals surface area contributed by atoms with Gasteiger partial charge in [0.1, 0.15) is 0 Å². The molecule has 2 N–H and O–H groups in total. The number of rotatable bonds is 18. The van der Waals surface area contributed by atoms with Crippen molar-refractivity contribution in [3.63, 3.8) is 0 Å². The largest absolute Gasteiger partial charge is 0.396 e. The van der Waals surface area contributed by atoms with Crippen LogP contribution < -0.4 is 5.32 Å². The van der Waals surface area contributed by atoms with Crippen LogP contribution in [0.4, 0.5) is 0 Å². The van der Waals surface area contributed by atoms with Gasteiger partial charge in [-0.25, -0.2) is 0 Å². The molecule has 0 fully saturated rings. The summed E-state index contributed by atoms with van der Waals surface area (Å²) in [5.41, 5.74) is 0. The second-order valence-electron chi connectivity index (χ2n) is 6.75. The van der Waals surface area contributed by atoms with Crippen molar-refractivity contribution in [3.8, 4) is 0 Å². The molecular weight excluding hydrogens is 312 g/mol. The van der Waals surface area contributed by atoms with E-state index >= 15 is 0 Å².